The summed E-state index contributed by atoms with van der Waals surface area (Å²) in [5, 5.41) is 6.10. The first-order valence-electron chi connectivity index (χ1n) is 6.27. The number of nitrogens with one attached hydrogen (secondary N) is 1. The highest BCUT2D eigenvalue weighted by Gasteiger charge is 2.12. The van der Waals surface area contributed by atoms with Gasteiger partial charge in [0.25, 0.3) is 5.91 Å². The van der Waals surface area contributed by atoms with Crippen molar-refractivity contribution < 1.29 is 4.79 Å². The molecule has 3 rings (SSSR count). The van der Waals surface area contributed by atoms with Gasteiger partial charge < -0.3 is 0 Å². The lowest BCUT2D eigenvalue weighted by Crippen LogP contribution is -2.13. The topological polar surface area (TPSA) is 54.9 Å². The van der Waals surface area contributed by atoms with Gasteiger partial charge in [-0.2, -0.15) is 0 Å². The molecule has 0 atom stereocenters. The molecule has 1 aromatic carbocycles. The first-order chi connectivity index (χ1) is 10.6. The molecule has 0 bridgehead atoms. The molecule has 7 heteroatoms. The van der Waals surface area contributed by atoms with E-state index in [1.54, 1.807) is 42.6 Å². The van der Waals surface area contributed by atoms with Gasteiger partial charge in [-0.15, -0.1) is 11.3 Å². The molecule has 0 fully saturated rings. The van der Waals surface area contributed by atoms with Crippen LogP contribution in [0.2, 0.25) is 10.0 Å². The quantitative estimate of drug-likeness (QED) is 0.741. The summed E-state index contributed by atoms with van der Waals surface area (Å²) in [6.07, 6.45) is 1.57. The minimum atomic E-state index is -0.302. The summed E-state index contributed by atoms with van der Waals surface area (Å²) in [6, 6.07) is 10.3. The number of aromatic nitrogens is 2. The maximum absolute atomic E-state index is 12.0. The largest absolute Gasteiger partial charge is 0.296 e. The molecule has 0 spiro atoms. The predicted octanol–water partition coefficient (Wildman–Crippen LogP) is 4.76. The average Bonchev–Trinajstić information content (AvgIpc) is 2.96. The number of carbonyl (C=O) groups excluding carboxylic acids is 1. The standard InChI is InChI=1S/C15H9Cl2N3OS/c16-9-4-5-10(11(17)7-9)13-8-22-15(19-13)20-14(21)12-3-1-2-6-18-12/h1-8H,(H,19,20,21). The van der Waals surface area contributed by atoms with E-state index in [0.717, 1.165) is 5.56 Å². The van der Waals surface area contributed by atoms with Crippen LogP contribution in [-0.2, 0) is 0 Å². The van der Waals surface area contributed by atoms with Crippen LogP contribution >= 0.6 is 34.5 Å². The number of anilines is 1. The molecule has 3 aromatic rings. The minimum absolute atomic E-state index is 0.302. The van der Waals surface area contributed by atoms with Crippen LogP contribution in [0.15, 0.2) is 48.0 Å². The van der Waals surface area contributed by atoms with Crippen molar-refractivity contribution in [3.8, 4) is 11.3 Å². The number of amides is 1. The summed E-state index contributed by atoms with van der Waals surface area (Å²) in [5.74, 6) is -0.302. The van der Waals surface area contributed by atoms with E-state index in [1.807, 2.05) is 5.38 Å². The Hall–Kier alpha value is -1.95. The van der Waals surface area contributed by atoms with E-state index in [-0.39, 0.29) is 5.91 Å². The van der Waals surface area contributed by atoms with Crippen LogP contribution in [0.1, 0.15) is 10.5 Å². The van der Waals surface area contributed by atoms with E-state index < -0.39 is 0 Å². The predicted molar refractivity (Wildman–Crippen MR) is 89.8 cm³/mol. The maximum Gasteiger partial charge on any atom is 0.276 e. The summed E-state index contributed by atoms with van der Waals surface area (Å²) < 4.78 is 0. The third kappa shape index (κ3) is 3.27. The Balaban J connectivity index is 1.81. The Morgan fingerprint density at radius 1 is 1.18 bits per heavy atom. The monoisotopic (exact) mass is 349 g/mol. The molecule has 0 radical (unpaired) electrons. The zero-order chi connectivity index (χ0) is 15.5. The van der Waals surface area contributed by atoms with Gasteiger partial charge >= 0.3 is 0 Å². The second-order valence-electron chi connectivity index (χ2n) is 4.33. The van der Waals surface area contributed by atoms with Crippen LogP contribution in [0.25, 0.3) is 11.3 Å². The van der Waals surface area contributed by atoms with E-state index in [2.05, 4.69) is 15.3 Å². The van der Waals surface area contributed by atoms with Crippen molar-refractivity contribution in [3.05, 3.63) is 63.7 Å². The normalized spacial score (nSPS) is 10.5. The van der Waals surface area contributed by atoms with Gasteiger partial charge in [0.2, 0.25) is 0 Å². The molecule has 0 saturated carbocycles. The number of thiazole rings is 1. The molecule has 22 heavy (non-hydrogen) atoms. The molecular weight excluding hydrogens is 341 g/mol. The maximum atomic E-state index is 12.0. The lowest BCUT2D eigenvalue weighted by Gasteiger charge is -2.02. The SMILES string of the molecule is O=C(Nc1nc(-c2ccc(Cl)cc2Cl)cs1)c1ccccn1. The molecular formula is C15H9Cl2N3OS. The van der Waals surface area contributed by atoms with Gasteiger partial charge in [0, 0.05) is 22.2 Å². The van der Waals surface area contributed by atoms with E-state index in [1.165, 1.54) is 11.3 Å². The van der Waals surface area contributed by atoms with E-state index in [0.29, 0.717) is 26.6 Å². The summed E-state index contributed by atoms with van der Waals surface area (Å²) in [7, 11) is 0. The van der Waals surface area contributed by atoms with Gasteiger partial charge in [-0.1, -0.05) is 29.3 Å². The second-order valence-corrected chi connectivity index (χ2v) is 6.03. The van der Waals surface area contributed by atoms with Crippen molar-refractivity contribution in [2.75, 3.05) is 5.32 Å². The van der Waals surface area contributed by atoms with Gasteiger partial charge in [0.15, 0.2) is 5.13 Å². The van der Waals surface area contributed by atoms with E-state index >= 15 is 0 Å². The fourth-order valence-corrected chi connectivity index (χ4v) is 3.02. The first kappa shape index (κ1) is 15.0. The number of pyridine rings is 1. The molecule has 2 aromatic heterocycles. The Morgan fingerprint density at radius 2 is 2.05 bits per heavy atom. The number of hydrogen-bond donors (Lipinski definition) is 1. The number of carbonyl (C=O) groups is 1. The van der Waals surface area contributed by atoms with Crippen molar-refractivity contribution in [1.29, 1.82) is 0 Å². The van der Waals surface area contributed by atoms with E-state index in [9.17, 15) is 4.79 Å². The number of halogens is 2. The van der Waals surface area contributed by atoms with Crippen LogP contribution < -0.4 is 5.32 Å². The summed E-state index contributed by atoms with van der Waals surface area (Å²) in [4.78, 5) is 20.4. The molecule has 0 aliphatic carbocycles. The van der Waals surface area contributed by atoms with Crippen molar-refractivity contribution in [2.24, 2.45) is 0 Å². The third-order valence-electron chi connectivity index (χ3n) is 2.83. The van der Waals surface area contributed by atoms with E-state index in [4.69, 9.17) is 23.2 Å². The Kier molecular flexibility index (Phi) is 4.38. The second kappa shape index (κ2) is 6.44. The van der Waals surface area contributed by atoms with Gasteiger partial charge in [-0.3, -0.25) is 15.1 Å². The molecule has 1 amide bonds. The van der Waals surface area contributed by atoms with Crippen molar-refractivity contribution in [2.45, 2.75) is 0 Å². The highest BCUT2D eigenvalue weighted by atomic mass is 35.5. The van der Waals surface area contributed by atoms with Gasteiger partial charge in [-0.05, 0) is 30.3 Å². The van der Waals surface area contributed by atoms with Crippen molar-refractivity contribution in [1.82, 2.24) is 9.97 Å². The third-order valence-corrected chi connectivity index (χ3v) is 4.13. The van der Waals surface area contributed by atoms with Crippen LogP contribution in [0.4, 0.5) is 5.13 Å². The molecule has 4 nitrogen and oxygen atoms in total. The zero-order valence-electron chi connectivity index (χ0n) is 11.1. The molecule has 110 valence electrons. The highest BCUT2D eigenvalue weighted by Crippen LogP contribution is 2.32. The molecule has 0 saturated heterocycles. The Labute approximate surface area is 140 Å². The lowest BCUT2D eigenvalue weighted by atomic mass is 10.2. The van der Waals surface area contributed by atoms with Crippen LogP contribution in [0.5, 0.6) is 0 Å². The molecule has 0 aliphatic heterocycles. The average molecular weight is 350 g/mol. The van der Waals surface area contributed by atoms with Gasteiger partial charge in [0.1, 0.15) is 5.69 Å². The number of nitrogens with zero attached hydrogens (tertiary/aromatic N) is 2. The number of rotatable bonds is 3. The number of hydrogen-bond acceptors (Lipinski definition) is 4. The fourth-order valence-electron chi connectivity index (χ4n) is 1.81. The lowest BCUT2D eigenvalue weighted by molar-refractivity contribution is 0.102. The smallest absolute Gasteiger partial charge is 0.276 e. The summed E-state index contributed by atoms with van der Waals surface area (Å²) >= 11 is 13.4. The zero-order valence-corrected chi connectivity index (χ0v) is 13.4. The van der Waals surface area contributed by atoms with Crippen molar-refractivity contribution >= 4 is 45.6 Å². The van der Waals surface area contributed by atoms with Crippen molar-refractivity contribution in [3.63, 3.8) is 0 Å². The first-order valence-corrected chi connectivity index (χ1v) is 7.90. The van der Waals surface area contributed by atoms with Crippen LogP contribution in [-0.4, -0.2) is 15.9 Å². The van der Waals surface area contributed by atoms with Gasteiger partial charge in [-0.25, -0.2) is 4.98 Å². The molecule has 0 aliphatic rings. The Bertz CT molecular complexity index is 821. The molecule has 2 heterocycles. The summed E-state index contributed by atoms with van der Waals surface area (Å²) in [6.45, 7) is 0. The molecule has 0 unspecified atom stereocenters. The van der Waals surface area contributed by atoms with Crippen LogP contribution in [0, 0.1) is 0 Å². The minimum Gasteiger partial charge on any atom is -0.296 e. The van der Waals surface area contributed by atoms with Crippen LogP contribution in [0.3, 0.4) is 0 Å². The Morgan fingerprint density at radius 3 is 2.77 bits per heavy atom. The highest BCUT2D eigenvalue weighted by molar-refractivity contribution is 7.14. The molecule has 1 N–H and O–H groups in total. The van der Waals surface area contributed by atoms with Gasteiger partial charge in [0.05, 0.1) is 10.7 Å². The summed E-state index contributed by atoms with van der Waals surface area (Å²) in [5.41, 5.74) is 1.78. The fraction of sp³-hybridized carbons (Fsp3) is 0. The number of benzene rings is 1.